The molecule has 0 unspecified atom stereocenters. The van der Waals surface area contributed by atoms with Gasteiger partial charge in [-0.1, -0.05) is 15.9 Å². The summed E-state index contributed by atoms with van der Waals surface area (Å²) >= 11 is 3.44. The van der Waals surface area contributed by atoms with Gasteiger partial charge in [-0.25, -0.2) is 4.79 Å². The second-order valence-corrected chi connectivity index (χ2v) is 6.18. The molecule has 0 spiro atoms. The summed E-state index contributed by atoms with van der Waals surface area (Å²) in [6.07, 6.45) is 0. The molecular formula is C15H20BrN3O3. The highest BCUT2D eigenvalue weighted by molar-refractivity contribution is 9.10. The highest BCUT2D eigenvalue weighted by Crippen LogP contribution is 2.24. The number of amides is 3. The third kappa shape index (κ3) is 3.59. The number of rotatable bonds is 5. The van der Waals surface area contributed by atoms with Crippen LogP contribution >= 0.6 is 15.9 Å². The van der Waals surface area contributed by atoms with Crippen LogP contribution < -0.4 is 10.1 Å². The number of nitrogens with one attached hydrogen (secondary N) is 1. The minimum atomic E-state index is -0.396. The highest BCUT2D eigenvalue weighted by Gasteiger charge is 2.31. The maximum Gasteiger partial charge on any atom is 0.324 e. The Morgan fingerprint density at radius 1 is 1.55 bits per heavy atom. The largest absolute Gasteiger partial charge is 0.496 e. The Kier molecular flexibility index (Phi) is 5.42. The smallest absolute Gasteiger partial charge is 0.324 e. The Hall–Kier alpha value is -1.60. The van der Waals surface area contributed by atoms with Gasteiger partial charge in [-0.05, 0) is 32.2 Å². The fourth-order valence-electron chi connectivity index (χ4n) is 2.37. The van der Waals surface area contributed by atoms with Crippen LogP contribution in [0.3, 0.4) is 0 Å². The van der Waals surface area contributed by atoms with Gasteiger partial charge in [0.2, 0.25) is 5.91 Å². The number of hydrogen-bond acceptors (Lipinski definition) is 4. The second kappa shape index (κ2) is 7.11. The number of ether oxygens (including phenoxy) is 1. The molecule has 0 aliphatic carbocycles. The minimum absolute atomic E-state index is 0.188. The van der Waals surface area contributed by atoms with E-state index in [0.29, 0.717) is 19.6 Å². The van der Waals surface area contributed by atoms with Gasteiger partial charge >= 0.3 is 6.03 Å². The Labute approximate surface area is 138 Å². The molecule has 120 valence electrons. The van der Waals surface area contributed by atoms with Gasteiger partial charge in [-0.3, -0.25) is 14.6 Å². The number of hydrogen-bond donors (Lipinski definition) is 1. The van der Waals surface area contributed by atoms with Crippen LogP contribution in [0.2, 0.25) is 0 Å². The van der Waals surface area contributed by atoms with Crippen LogP contribution in [0.1, 0.15) is 12.5 Å². The van der Waals surface area contributed by atoms with Crippen molar-refractivity contribution in [1.29, 1.82) is 0 Å². The van der Waals surface area contributed by atoms with Crippen molar-refractivity contribution in [3.63, 3.8) is 0 Å². The van der Waals surface area contributed by atoms with E-state index in [1.54, 1.807) is 14.0 Å². The molecule has 1 atom stereocenters. The van der Waals surface area contributed by atoms with Gasteiger partial charge in [-0.2, -0.15) is 0 Å². The number of methoxy groups -OCH3 is 1. The number of imide groups is 1. The lowest BCUT2D eigenvalue weighted by Gasteiger charge is -2.27. The summed E-state index contributed by atoms with van der Waals surface area (Å²) < 4.78 is 6.30. The van der Waals surface area contributed by atoms with Crippen LogP contribution in [0.25, 0.3) is 0 Å². The topological polar surface area (TPSA) is 61.9 Å². The van der Waals surface area contributed by atoms with E-state index in [4.69, 9.17) is 4.74 Å². The lowest BCUT2D eigenvalue weighted by Crippen LogP contribution is -2.46. The molecule has 0 bridgehead atoms. The molecular weight excluding hydrogens is 350 g/mol. The molecule has 1 fully saturated rings. The summed E-state index contributed by atoms with van der Waals surface area (Å²) in [5.41, 5.74) is 0.977. The molecule has 1 heterocycles. The van der Waals surface area contributed by atoms with E-state index in [2.05, 4.69) is 21.2 Å². The molecule has 6 nitrogen and oxygen atoms in total. The van der Waals surface area contributed by atoms with E-state index < -0.39 is 6.04 Å². The van der Waals surface area contributed by atoms with Crippen LogP contribution in [0.15, 0.2) is 22.7 Å². The van der Waals surface area contributed by atoms with Gasteiger partial charge in [0.25, 0.3) is 0 Å². The van der Waals surface area contributed by atoms with E-state index >= 15 is 0 Å². The van der Waals surface area contributed by atoms with Gasteiger partial charge in [-0.15, -0.1) is 0 Å². The number of carbonyl (C=O) groups excluding carboxylic acids is 2. The molecule has 3 amide bonds. The maximum atomic E-state index is 12.4. The van der Waals surface area contributed by atoms with E-state index in [1.165, 1.54) is 4.90 Å². The van der Waals surface area contributed by atoms with Crippen LogP contribution in [0.4, 0.5) is 4.79 Å². The van der Waals surface area contributed by atoms with Crippen LogP contribution in [-0.4, -0.2) is 55.0 Å². The average Bonchev–Trinajstić information content (AvgIpc) is 2.92. The van der Waals surface area contributed by atoms with Crippen molar-refractivity contribution in [2.24, 2.45) is 0 Å². The quantitative estimate of drug-likeness (QED) is 0.859. The third-order valence-corrected chi connectivity index (χ3v) is 4.30. The van der Waals surface area contributed by atoms with Crippen molar-refractivity contribution < 1.29 is 14.3 Å². The zero-order chi connectivity index (χ0) is 16.3. The van der Waals surface area contributed by atoms with Crippen molar-refractivity contribution in [3.05, 3.63) is 28.2 Å². The molecule has 7 heteroatoms. The zero-order valence-electron chi connectivity index (χ0n) is 12.9. The Balaban J connectivity index is 2.08. The fraction of sp³-hybridized carbons (Fsp3) is 0.467. The van der Waals surface area contributed by atoms with Crippen LogP contribution in [0.5, 0.6) is 5.75 Å². The Morgan fingerprint density at radius 3 is 2.86 bits per heavy atom. The molecule has 0 radical (unpaired) electrons. The number of nitrogens with zero attached hydrogens (tertiary/aromatic N) is 2. The SMILES string of the molecule is COc1ccc(Br)cc1CN(C)[C@H](C)C(=O)N1CCNC1=O. The summed E-state index contributed by atoms with van der Waals surface area (Å²) in [6.45, 7) is 3.29. The van der Waals surface area contributed by atoms with Crippen molar-refractivity contribution >= 4 is 27.9 Å². The van der Waals surface area contributed by atoms with Crippen LogP contribution in [-0.2, 0) is 11.3 Å². The van der Waals surface area contributed by atoms with Gasteiger partial charge in [0.1, 0.15) is 5.75 Å². The number of halogens is 1. The predicted molar refractivity (Wildman–Crippen MR) is 86.7 cm³/mol. The maximum absolute atomic E-state index is 12.4. The van der Waals surface area contributed by atoms with Crippen molar-refractivity contribution in [3.8, 4) is 5.75 Å². The third-order valence-electron chi connectivity index (χ3n) is 3.80. The zero-order valence-corrected chi connectivity index (χ0v) is 14.5. The lowest BCUT2D eigenvalue weighted by molar-refractivity contribution is -0.132. The summed E-state index contributed by atoms with van der Waals surface area (Å²) in [5, 5.41) is 2.64. The lowest BCUT2D eigenvalue weighted by atomic mass is 10.1. The Bertz CT molecular complexity index is 579. The van der Waals surface area contributed by atoms with Crippen molar-refractivity contribution in [2.75, 3.05) is 27.2 Å². The molecule has 1 saturated heterocycles. The molecule has 1 aromatic carbocycles. The van der Waals surface area contributed by atoms with E-state index in [1.807, 2.05) is 30.1 Å². The second-order valence-electron chi connectivity index (χ2n) is 5.27. The summed E-state index contributed by atoms with van der Waals surface area (Å²) in [5.74, 6) is 0.583. The van der Waals surface area contributed by atoms with E-state index in [9.17, 15) is 9.59 Å². The predicted octanol–water partition coefficient (Wildman–Crippen LogP) is 1.83. The summed E-state index contributed by atoms with van der Waals surface area (Å²) in [7, 11) is 3.48. The van der Waals surface area contributed by atoms with Gasteiger partial charge in [0.15, 0.2) is 0 Å². The summed E-state index contributed by atoms with van der Waals surface area (Å²) in [6, 6.07) is 5.05. The average molecular weight is 370 g/mol. The highest BCUT2D eigenvalue weighted by atomic mass is 79.9. The molecule has 1 aromatic rings. The molecule has 2 rings (SSSR count). The van der Waals surface area contributed by atoms with Gasteiger partial charge in [0, 0.05) is 29.7 Å². The van der Waals surface area contributed by atoms with Crippen molar-refractivity contribution in [2.45, 2.75) is 19.5 Å². The first-order valence-corrected chi connectivity index (χ1v) is 7.85. The molecule has 0 aromatic heterocycles. The number of carbonyl (C=O) groups is 2. The first kappa shape index (κ1) is 16.8. The monoisotopic (exact) mass is 369 g/mol. The van der Waals surface area contributed by atoms with E-state index in [-0.39, 0.29) is 11.9 Å². The number of benzene rings is 1. The standard InChI is InChI=1S/C15H20BrN3O3/c1-10(14(20)19-7-6-17-15(19)21)18(2)9-11-8-12(16)4-5-13(11)22-3/h4-5,8,10H,6-7,9H2,1-3H3,(H,17,21)/t10-/m1/s1. The number of likely N-dealkylation sites (N-methyl/N-ethyl adjacent to an activating group) is 1. The molecule has 1 N–H and O–H groups in total. The van der Waals surface area contributed by atoms with Gasteiger partial charge < -0.3 is 10.1 Å². The molecule has 1 aliphatic heterocycles. The van der Waals surface area contributed by atoms with Gasteiger partial charge in [0.05, 0.1) is 13.2 Å². The number of urea groups is 1. The molecule has 0 saturated carbocycles. The Morgan fingerprint density at radius 2 is 2.27 bits per heavy atom. The van der Waals surface area contributed by atoms with E-state index in [0.717, 1.165) is 15.8 Å². The van der Waals surface area contributed by atoms with Crippen LogP contribution in [0, 0.1) is 0 Å². The summed E-state index contributed by atoms with van der Waals surface area (Å²) in [4.78, 5) is 27.2. The fourth-order valence-corrected chi connectivity index (χ4v) is 2.78. The molecule has 1 aliphatic rings. The normalized spacial score (nSPS) is 15.9. The first-order valence-electron chi connectivity index (χ1n) is 7.06. The minimum Gasteiger partial charge on any atom is -0.496 e. The molecule has 22 heavy (non-hydrogen) atoms. The van der Waals surface area contributed by atoms with Crippen molar-refractivity contribution in [1.82, 2.24) is 15.1 Å². The first-order chi connectivity index (χ1) is 10.4.